The number of hydrogen-bond acceptors (Lipinski definition) is 3. The minimum absolute atomic E-state index is 0.0631. The van der Waals surface area contributed by atoms with Gasteiger partial charge in [0.1, 0.15) is 5.56 Å². The second kappa shape index (κ2) is 4.45. The van der Waals surface area contributed by atoms with Crippen LogP contribution in [-0.4, -0.2) is 17.7 Å². The summed E-state index contributed by atoms with van der Waals surface area (Å²) in [6.07, 6.45) is -0.346. The Balaban J connectivity index is 2.06. The number of nitrogens with one attached hydrogen (secondary N) is 1. The molecule has 0 bridgehead atoms. The normalized spacial score (nSPS) is 22.3. The molecule has 1 unspecified atom stereocenters. The molecule has 0 spiro atoms. The van der Waals surface area contributed by atoms with Gasteiger partial charge in [-0.1, -0.05) is 11.6 Å². The van der Waals surface area contributed by atoms with E-state index >= 15 is 0 Å². The highest BCUT2D eigenvalue weighted by Crippen LogP contribution is 2.32. The van der Waals surface area contributed by atoms with Crippen molar-refractivity contribution in [2.75, 3.05) is 6.54 Å². The molecule has 1 aromatic heterocycles. The molecule has 1 fully saturated rings. The lowest BCUT2D eigenvalue weighted by molar-refractivity contribution is -0.138. The zero-order valence-electron chi connectivity index (χ0n) is 8.68. The molecule has 1 saturated heterocycles. The van der Waals surface area contributed by atoms with Gasteiger partial charge in [-0.3, -0.25) is 0 Å². The van der Waals surface area contributed by atoms with Gasteiger partial charge in [0.15, 0.2) is 5.76 Å². The van der Waals surface area contributed by atoms with Crippen molar-refractivity contribution in [1.82, 2.24) is 10.5 Å². The van der Waals surface area contributed by atoms with Gasteiger partial charge < -0.3 is 9.84 Å². The monoisotopic (exact) mass is 234 g/mol. The first kappa shape index (κ1) is 11.4. The van der Waals surface area contributed by atoms with Gasteiger partial charge in [0, 0.05) is 12.5 Å². The van der Waals surface area contributed by atoms with Crippen molar-refractivity contribution in [3.8, 4) is 0 Å². The first-order chi connectivity index (χ1) is 7.57. The van der Waals surface area contributed by atoms with Gasteiger partial charge in [-0.25, -0.2) is 0 Å². The summed E-state index contributed by atoms with van der Waals surface area (Å²) < 4.78 is 42.2. The molecule has 1 N–H and O–H groups in total. The van der Waals surface area contributed by atoms with Crippen LogP contribution >= 0.6 is 0 Å². The number of halogens is 3. The highest BCUT2D eigenvalue weighted by Gasteiger charge is 2.37. The van der Waals surface area contributed by atoms with E-state index in [1.165, 1.54) is 0 Å². The maximum absolute atomic E-state index is 12.5. The molecule has 1 atom stereocenters. The summed E-state index contributed by atoms with van der Waals surface area (Å²) in [4.78, 5) is 0. The van der Waals surface area contributed by atoms with E-state index in [9.17, 15) is 13.2 Å². The Morgan fingerprint density at radius 3 is 2.88 bits per heavy atom. The Labute approximate surface area is 91.0 Å². The molecule has 2 heterocycles. The van der Waals surface area contributed by atoms with E-state index < -0.39 is 11.7 Å². The van der Waals surface area contributed by atoms with E-state index in [4.69, 9.17) is 0 Å². The van der Waals surface area contributed by atoms with Crippen molar-refractivity contribution in [2.45, 2.75) is 37.9 Å². The summed E-state index contributed by atoms with van der Waals surface area (Å²) in [7, 11) is 0. The largest absolute Gasteiger partial charge is 0.421 e. The zero-order valence-corrected chi connectivity index (χ0v) is 8.68. The average molecular weight is 234 g/mol. The first-order valence-corrected chi connectivity index (χ1v) is 5.31. The van der Waals surface area contributed by atoms with Crippen molar-refractivity contribution in [3.05, 3.63) is 17.5 Å². The van der Waals surface area contributed by atoms with Crippen LogP contribution in [0.4, 0.5) is 13.2 Å². The molecule has 16 heavy (non-hydrogen) atoms. The Morgan fingerprint density at radius 2 is 2.25 bits per heavy atom. The fraction of sp³-hybridized carbons (Fsp3) is 0.700. The average Bonchev–Trinajstić information content (AvgIpc) is 2.67. The molecular weight excluding hydrogens is 221 g/mol. The van der Waals surface area contributed by atoms with Crippen LogP contribution in [0.2, 0.25) is 0 Å². The molecule has 1 aliphatic rings. The Kier molecular flexibility index (Phi) is 3.18. The van der Waals surface area contributed by atoms with Crippen LogP contribution in [-0.2, 0) is 12.6 Å². The number of piperidine rings is 1. The fourth-order valence-electron chi connectivity index (χ4n) is 1.96. The van der Waals surface area contributed by atoms with E-state index in [-0.39, 0.29) is 18.2 Å². The molecule has 1 aromatic rings. The lowest BCUT2D eigenvalue weighted by Crippen LogP contribution is -2.35. The van der Waals surface area contributed by atoms with E-state index in [2.05, 4.69) is 15.0 Å². The molecule has 3 nitrogen and oxygen atoms in total. The number of nitrogens with zero attached hydrogens (tertiary/aromatic N) is 1. The fourth-order valence-corrected chi connectivity index (χ4v) is 1.96. The Morgan fingerprint density at radius 1 is 1.44 bits per heavy atom. The highest BCUT2D eigenvalue weighted by molar-refractivity contribution is 5.18. The third-order valence-electron chi connectivity index (χ3n) is 2.79. The van der Waals surface area contributed by atoms with Crippen molar-refractivity contribution in [2.24, 2.45) is 0 Å². The van der Waals surface area contributed by atoms with Crippen LogP contribution in [0.1, 0.15) is 30.6 Å². The Hall–Kier alpha value is -1.04. The molecule has 2 rings (SSSR count). The topological polar surface area (TPSA) is 38.1 Å². The number of alkyl halides is 3. The summed E-state index contributed by atoms with van der Waals surface area (Å²) >= 11 is 0. The van der Waals surface area contributed by atoms with E-state index in [1.807, 2.05) is 0 Å². The number of hydrogen-bond donors (Lipinski definition) is 1. The van der Waals surface area contributed by atoms with Gasteiger partial charge in [-0.2, -0.15) is 13.2 Å². The van der Waals surface area contributed by atoms with Crippen molar-refractivity contribution >= 4 is 0 Å². The van der Waals surface area contributed by atoms with Crippen LogP contribution in [0.25, 0.3) is 0 Å². The van der Waals surface area contributed by atoms with Crippen LogP contribution in [0, 0.1) is 0 Å². The van der Waals surface area contributed by atoms with E-state index in [0.29, 0.717) is 0 Å². The lowest BCUT2D eigenvalue weighted by atomic mass is 9.99. The van der Waals surface area contributed by atoms with Gasteiger partial charge in [-0.15, -0.1) is 0 Å². The van der Waals surface area contributed by atoms with Crippen LogP contribution in [0.3, 0.4) is 0 Å². The third kappa shape index (κ3) is 2.55. The zero-order chi connectivity index (χ0) is 11.6. The maximum Gasteiger partial charge on any atom is 0.421 e. The summed E-state index contributed by atoms with van der Waals surface area (Å²) in [6.45, 7) is 0.861. The third-order valence-corrected chi connectivity index (χ3v) is 2.79. The Bertz CT molecular complexity index is 342. The number of rotatable bonds is 2. The van der Waals surface area contributed by atoms with Gasteiger partial charge in [0.2, 0.25) is 0 Å². The van der Waals surface area contributed by atoms with E-state index in [1.54, 1.807) is 0 Å². The van der Waals surface area contributed by atoms with Crippen LogP contribution in [0.15, 0.2) is 10.7 Å². The molecule has 0 aromatic carbocycles. The molecule has 0 radical (unpaired) electrons. The first-order valence-electron chi connectivity index (χ1n) is 5.31. The molecule has 6 heteroatoms. The predicted molar refractivity (Wildman–Crippen MR) is 50.9 cm³/mol. The molecular formula is C10H13F3N2O. The maximum atomic E-state index is 12.5. The smallest absolute Gasteiger partial charge is 0.361 e. The van der Waals surface area contributed by atoms with Crippen molar-refractivity contribution in [1.29, 1.82) is 0 Å². The number of aromatic nitrogens is 1. The SMILES string of the molecule is FC(F)(F)c1cnoc1CC1CCCCN1. The van der Waals surface area contributed by atoms with Crippen molar-refractivity contribution in [3.63, 3.8) is 0 Å². The lowest BCUT2D eigenvalue weighted by Gasteiger charge is -2.22. The molecule has 1 aliphatic heterocycles. The molecule has 0 amide bonds. The van der Waals surface area contributed by atoms with Gasteiger partial charge >= 0.3 is 6.18 Å². The van der Waals surface area contributed by atoms with Crippen LogP contribution < -0.4 is 5.32 Å². The standard InChI is InChI=1S/C10H13F3N2O/c11-10(12,13)8-6-15-16-9(8)5-7-3-1-2-4-14-7/h6-7,14H,1-5H2. The van der Waals surface area contributed by atoms with E-state index in [0.717, 1.165) is 32.0 Å². The van der Waals surface area contributed by atoms with Crippen LogP contribution in [0.5, 0.6) is 0 Å². The van der Waals surface area contributed by atoms with Gasteiger partial charge in [-0.05, 0) is 19.4 Å². The molecule has 0 aliphatic carbocycles. The summed E-state index contributed by atoms with van der Waals surface area (Å²) in [5.41, 5.74) is -0.750. The minimum Gasteiger partial charge on any atom is -0.361 e. The van der Waals surface area contributed by atoms with Gasteiger partial charge in [0.25, 0.3) is 0 Å². The minimum atomic E-state index is -4.37. The summed E-state index contributed by atoms with van der Waals surface area (Å²) in [6, 6.07) is 0.0720. The highest BCUT2D eigenvalue weighted by atomic mass is 19.4. The molecule has 90 valence electrons. The molecule has 0 saturated carbocycles. The summed E-state index contributed by atoms with van der Waals surface area (Å²) in [5.74, 6) is -0.0631. The van der Waals surface area contributed by atoms with Gasteiger partial charge in [0.05, 0.1) is 6.20 Å². The van der Waals surface area contributed by atoms with Crippen molar-refractivity contribution < 1.29 is 17.7 Å². The second-order valence-electron chi connectivity index (χ2n) is 4.01. The quantitative estimate of drug-likeness (QED) is 0.853. The second-order valence-corrected chi connectivity index (χ2v) is 4.01. The summed E-state index contributed by atoms with van der Waals surface area (Å²) in [5, 5.41) is 6.41. The predicted octanol–water partition coefficient (Wildman–Crippen LogP) is 2.38.